The number of aliphatic hydroxyl groups is 1. The second kappa shape index (κ2) is 7.03. The topological polar surface area (TPSA) is 61.4 Å². The first-order valence-corrected chi connectivity index (χ1v) is 7.34. The lowest BCUT2D eigenvalue weighted by Crippen LogP contribution is -2.34. The molecule has 0 radical (unpaired) electrons. The lowest BCUT2D eigenvalue weighted by Gasteiger charge is -2.14. The highest BCUT2D eigenvalue weighted by atomic mass is 79.9. The Morgan fingerprint density at radius 2 is 2.11 bits per heavy atom. The first-order chi connectivity index (χ1) is 9.15. The molecule has 1 fully saturated rings. The van der Waals surface area contributed by atoms with Crippen LogP contribution >= 0.6 is 15.9 Å². The van der Waals surface area contributed by atoms with Crippen LogP contribution in [0.4, 0.5) is 0 Å². The average molecular weight is 327 g/mol. The number of hydrogen-bond donors (Lipinski definition) is 3. The maximum Gasteiger partial charge on any atom is 0.220 e. The molecule has 1 aliphatic heterocycles. The minimum atomic E-state index is -0.341. The van der Waals surface area contributed by atoms with E-state index in [0.29, 0.717) is 19.5 Å². The minimum Gasteiger partial charge on any atom is -0.391 e. The van der Waals surface area contributed by atoms with Gasteiger partial charge in [0.1, 0.15) is 0 Å². The SMILES string of the molecule is O=C(CCc1ccc(Br)cc1)NCC1CNCC1O. The Labute approximate surface area is 121 Å². The Bertz CT molecular complexity index is 422. The van der Waals surface area contributed by atoms with Gasteiger partial charge in [-0.2, -0.15) is 0 Å². The highest BCUT2D eigenvalue weighted by Gasteiger charge is 2.24. The van der Waals surface area contributed by atoms with Gasteiger partial charge in [0.05, 0.1) is 6.10 Å². The highest BCUT2D eigenvalue weighted by Crippen LogP contribution is 2.12. The van der Waals surface area contributed by atoms with Crippen LogP contribution in [0.5, 0.6) is 0 Å². The lowest BCUT2D eigenvalue weighted by atomic mass is 10.1. The van der Waals surface area contributed by atoms with E-state index in [1.165, 1.54) is 0 Å². The van der Waals surface area contributed by atoms with Crippen molar-refractivity contribution in [3.8, 4) is 0 Å². The normalized spacial score (nSPS) is 22.4. The number of benzene rings is 1. The molecule has 4 nitrogen and oxygen atoms in total. The molecule has 1 heterocycles. The standard InChI is InChI=1S/C14H19BrN2O2/c15-12-4-1-10(2-5-12)3-6-14(19)17-8-11-7-16-9-13(11)18/h1-2,4-5,11,13,16,18H,3,6-9H2,(H,17,19). The Hall–Kier alpha value is -0.910. The molecule has 3 N–H and O–H groups in total. The Kier molecular flexibility index (Phi) is 5.36. The third-order valence-corrected chi connectivity index (χ3v) is 3.95. The van der Waals surface area contributed by atoms with Gasteiger partial charge in [0.25, 0.3) is 0 Å². The van der Waals surface area contributed by atoms with Gasteiger partial charge >= 0.3 is 0 Å². The summed E-state index contributed by atoms with van der Waals surface area (Å²) in [5, 5.41) is 15.6. The first kappa shape index (κ1) is 14.5. The first-order valence-electron chi connectivity index (χ1n) is 6.55. The molecule has 0 aliphatic carbocycles. The maximum absolute atomic E-state index is 11.7. The third-order valence-electron chi connectivity index (χ3n) is 3.42. The fraction of sp³-hybridized carbons (Fsp3) is 0.500. The number of β-amino-alcohol motifs (C(OH)–C–C–N with tert-alkyl or cyclic N) is 1. The number of nitrogens with one attached hydrogen (secondary N) is 2. The second-order valence-electron chi connectivity index (χ2n) is 4.92. The van der Waals surface area contributed by atoms with Gasteiger partial charge in [0, 0.05) is 36.4 Å². The van der Waals surface area contributed by atoms with Crippen LogP contribution in [-0.2, 0) is 11.2 Å². The maximum atomic E-state index is 11.7. The van der Waals surface area contributed by atoms with Crippen LogP contribution in [-0.4, -0.2) is 36.8 Å². The van der Waals surface area contributed by atoms with Gasteiger partial charge in [-0.3, -0.25) is 4.79 Å². The van der Waals surface area contributed by atoms with Crippen molar-refractivity contribution in [2.75, 3.05) is 19.6 Å². The summed E-state index contributed by atoms with van der Waals surface area (Å²) in [6, 6.07) is 7.99. The van der Waals surface area contributed by atoms with Crippen LogP contribution < -0.4 is 10.6 Å². The zero-order valence-electron chi connectivity index (χ0n) is 10.7. The molecule has 1 aromatic carbocycles. The molecule has 2 unspecified atom stereocenters. The van der Waals surface area contributed by atoms with E-state index in [-0.39, 0.29) is 17.9 Å². The molecule has 1 amide bonds. The molecule has 1 saturated heterocycles. The monoisotopic (exact) mass is 326 g/mol. The van der Waals surface area contributed by atoms with Gasteiger partial charge in [0.15, 0.2) is 0 Å². The molecule has 1 aromatic rings. The van der Waals surface area contributed by atoms with Gasteiger partial charge in [-0.15, -0.1) is 0 Å². The van der Waals surface area contributed by atoms with Gasteiger partial charge in [0.2, 0.25) is 5.91 Å². The molecule has 2 atom stereocenters. The van der Waals surface area contributed by atoms with Gasteiger partial charge < -0.3 is 15.7 Å². The number of amides is 1. The molecule has 0 aromatic heterocycles. The smallest absolute Gasteiger partial charge is 0.220 e. The summed E-state index contributed by atoms with van der Waals surface area (Å²) in [6.45, 7) is 1.95. The van der Waals surface area contributed by atoms with Crippen molar-refractivity contribution in [2.24, 2.45) is 5.92 Å². The number of aliphatic hydroxyl groups excluding tert-OH is 1. The second-order valence-corrected chi connectivity index (χ2v) is 5.83. The number of hydrogen-bond acceptors (Lipinski definition) is 3. The average Bonchev–Trinajstić information content (AvgIpc) is 2.81. The minimum absolute atomic E-state index is 0.0435. The summed E-state index contributed by atoms with van der Waals surface area (Å²) < 4.78 is 1.04. The van der Waals surface area contributed by atoms with E-state index in [0.717, 1.165) is 23.0 Å². The fourth-order valence-corrected chi connectivity index (χ4v) is 2.43. The van der Waals surface area contributed by atoms with Crippen molar-refractivity contribution < 1.29 is 9.90 Å². The van der Waals surface area contributed by atoms with Crippen LogP contribution in [0.2, 0.25) is 0 Å². The predicted molar refractivity (Wildman–Crippen MR) is 77.8 cm³/mol. The van der Waals surface area contributed by atoms with Gasteiger partial charge in [-0.25, -0.2) is 0 Å². The fourth-order valence-electron chi connectivity index (χ4n) is 2.17. The molecule has 19 heavy (non-hydrogen) atoms. The van der Waals surface area contributed by atoms with E-state index in [2.05, 4.69) is 26.6 Å². The van der Waals surface area contributed by atoms with Crippen LogP contribution in [0.25, 0.3) is 0 Å². The van der Waals surface area contributed by atoms with Crippen molar-refractivity contribution in [1.82, 2.24) is 10.6 Å². The summed E-state index contributed by atoms with van der Waals surface area (Å²) in [4.78, 5) is 11.7. The third kappa shape index (κ3) is 4.60. The summed E-state index contributed by atoms with van der Waals surface area (Å²) in [6.07, 6.45) is 0.884. The van der Waals surface area contributed by atoms with Crippen molar-refractivity contribution in [2.45, 2.75) is 18.9 Å². The van der Waals surface area contributed by atoms with E-state index >= 15 is 0 Å². The highest BCUT2D eigenvalue weighted by molar-refractivity contribution is 9.10. The van der Waals surface area contributed by atoms with Crippen molar-refractivity contribution in [3.63, 3.8) is 0 Å². The zero-order valence-corrected chi connectivity index (χ0v) is 12.3. The Morgan fingerprint density at radius 1 is 1.37 bits per heavy atom. The molecule has 0 bridgehead atoms. The molecule has 104 valence electrons. The molecule has 2 rings (SSSR count). The van der Waals surface area contributed by atoms with Gasteiger partial charge in [-0.1, -0.05) is 28.1 Å². The van der Waals surface area contributed by atoms with Crippen molar-refractivity contribution in [1.29, 1.82) is 0 Å². The van der Waals surface area contributed by atoms with Crippen LogP contribution in [0.15, 0.2) is 28.7 Å². The largest absolute Gasteiger partial charge is 0.391 e. The van der Waals surface area contributed by atoms with Crippen molar-refractivity contribution >= 4 is 21.8 Å². The predicted octanol–water partition coefficient (Wildman–Crippen LogP) is 1.08. The quantitative estimate of drug-likeness (QED) is 0.758. The summed E-state index contributed by atoms with van der Waals surface area (Å²) >= 11 is 3.38. The van der Waals surface area contributed by atoms with E-state index < -0.39 is 0 Å². The van der Waals surface area contributed by atoms with Crippen LogP contribution in [0, 0.1) is 5.92 Å². The number of halogens is 1. The van der Waals surface area contributed by atoms with E-state index in [4.69, 9.17) is 0 Å². The molecular formula is C14H19BrN2O2. The molecular weight excluding hydrogens is 308 g/mol. The lowest BCUT2D eigenvalue weighted by molar-refractivity contribution is -0.121. The van der Waals surface area contributed by atoms with E-state index in [1.54, 1.807) is 0 Å². The zero-order chi connectivity index (χ0) is 13.7. The number of carbonyl (C=O) groups excluding carboxylic acids is 1. The molecule has 0 saturated carbocycles. The molecule has 5 heteroatoms. The number of aryl methyl sites for hydroxylation is 1. The summed E-state index contributed by atoms with van der Waals surface area (Å²) in [5.74, 6) is 0.179. The van der Waals surface area contributed by atoms with Crippen LogP contribution in [0.1, 0.15) is 12.0 Å². The molecule has 1 aliphatic rings. The van der Waals surface area contributed by atoms with E-state index in [1.807, 2.05) is 24.3 Å². The summed E-state index contributed by atoms with van der Waals surface area (Å²) in [7, 11) is 0. The van der Waals surface area contributed by atoms with Crippen LogP contribution in [0.3, 0.4) is 0 Å². The van der Waals surface area contributed by atoms with Crippen molar-refractivity contribution in [3.05, 3.63) is 34.3 Å². The van der Waals surface area contributed by atoms with E-state index in [9.17, 15) is 9.90 Å². The van der Waals surface area contributed by atoms with Gasteiger partial charge in [-0.05, 0) is 24.1 Å². The Balaban J connectivity index is 1.68. The number of carbonyl (C=O) groups is 1. The Morgan fingerprint density at radius 3 is 2.74 bits per heavy atom. The number of rotatable bonds is 5. The summed E-state index contributed by atoms with van der Waals surface area (Å²) in [5.41, 5.74) is 1.15. The molecule has 0 spiro atoms.